The standard InChI is InChI=1S/C50H56N2O2S4/c1-31(2)13-11-15-33(5)25-27-51-47(41-23-21-39(57-41)43-29-35-17-7-9-19-37(35)55-43)45-46(49(51)53)48(52(50(45)54)28-26-34(6)16-12-14-32(3)4)42-24-22-40(58-42)44-30-36-18-8-10-20-38(36)56-44/h7-10,17-24,29-34H,11-16,25-28H2,1-6H3/t33-,34-/m0/s1. The van der Waals surface area contributed by atoms with Gasteiger partial charge < -0.3 is 9.80 Å². The zero-order chi connectivity index (χ0) is 40.5. The Bertz CT molecular complexity index is 2250. The monoisotopic (exact) mass is 844 g/mol. The molecule has 0 saturated carbocycles. The van der Waals surface area contributed by atoms with Crippen LogP contribution < -0.4 is 0 Å². The van der Waals surface area contributed by atoms with Crippen LogP contribution in [-0.4, -0.2) is 34.7 Å². The average molecular weight is 845 g/mol. The fourth-order valence-electron chi connectivity index (χ4n) is 8.47. The Kier molecular flexibility index (Phi) is 12.6. The van der Waals surface area contributed by atoms with Gasteiger partial charge in [-0.15, -0.1) is 45.3 Å². The van der Waals surface area contributed by atoms with Crippen LogP contribution in [0, 0.1) is 23.7 Å². The second-order valence-corrected chi connectivity index (χ2v) is 21.8. The quantitative estimate of drug-likeness (QED) is 0.0865. The number of hydrogen-bond donors (Lipinski definition) is 0. The Hall–Kier alpha value is -3.82. The van der Waals surface area contributed by atoms with Crippen LogP contribution in [0.1, 0.15) is 103 Å². The summed E-state index contributed by atoms with van der Waals surface area (Å²) in [5, 5.41) is 2.48. The Balaban J connectivity index is 1.19. The normalized spacial score (nSPS) is 15.8. The molecule has 2 aliphatic rings. The van der Waals surface area contributed by atoms with E-state index < -0.39 is 0 Å². The van der Waals surface area contributed by atoms with Crippen LogP contribution in [0.25, 0.3) is 51.1 Å². The molecule has 0 unspecified atom stereocenters. The van der Waals surface area contributed by atoms with Gasteiger partial charge in [0.05, 0.1) is 32.3 Å². The molecule has 58 heavy (non-hydrogen) atoms. The van der Waals surface area contributed by atoms with Crippen LogP contribution in [0.4, 0.5) is 0 Å². The van der Waals surface area contributed by atoms with Crippen molar-refractivity contribution in [1.29, 1.82) is 0 Å². The highest BCUT2D eigenvalue weighted by Crippen LogP contribution is 2.51. The minimum atomic E-state index is -0.0242. The van der Waals surface area contributed by atoms with Crippen LogP contribution in [0.15, 0.2) is 96.1 Å². The molecule has 6 aromatic rings. The summed E-state index contributed by atoms with van der Waals surface area (Å²) in [5.41, 5.74) is 2.81. The number of fused-ring (bicyclic) bond motifs is 3. The highest BCUT2D eigenvalue weighted by Gasteiger charge is 2.49. The lowest BCUT2D eigenvalue weighted by Gasteiger charge is -2.26. The number of carbonyl (C=O) groups excluding carboxylic acids is 2. The van der Waals surface area contributed by atoms with Gasteiger partial charge >= 0.3 is 0 Å². The van der Waals surface area contributed by atoms with Crippen molar-refractivity contribution in [2.45, 2.75) is 92.9 Å². The average Bonchev–Trinajstić information content (AvgIpc) is 4.05. The summed E-state index contributed by atoms with van der Waals surface area (Å²) < 4.78 is 2.53. The molecule has 4 nitrogen and oxygen atoms in total. The molecule has 0 bridgehead atoms. The van der Waals surface area contributed by atoms with Crippen molar-refractivity contribution in [2.24, 2.45) is 23.7 Å². The zero-order valence-corrected chi connectivity index (χ0v) is 38.1. The van der Waals surface area contributed by atoms with Gasteiger partial charge in [-0.25, -0.2) is 0 Å². The third-order valence-corrected chi connectivity index (χ3v) is 16.7. The smallest absolute Gasteiger partial charge is 0.261 e. The molecule has 2 aliphatic heterocycles. The maximum atomic E-state index is 15.2. The van der Waals surface area contributed by atoms with E-state index >= 15 is 9.59 Å². The van der Waals surface area contributed by atoms with Gasteiger partial charge in [0.1, 0.15) is 0 Å². The SMILES string of the molecule is CC(C)CCC[C@H](C)CCN1C(=O)C2=C(c3ccc(-c4cc5ccccc5s4)s3)N(CC[C@@H](C)CCCC(C)C)C(=O)C2=C1c1ccc(-c2cc3ccccc3s2)s1. The van der Waals surface area contributed by atoms with Gasteiger partial charge in [0.15, 0.2) is 0 Å². The van der Waals surface area contributed by atoms with E-state index in [0.717, 1.165) is 46.8 Å². The van der Waals surface area contributed by atoms with Gasteiger partial charge in [0.25, 0.3) is 11.8 Å². The summed E-state index contributed by atoms with van der Waals surface area (Å²) in [6.07, 6.45) is 8.93. The summed E-state index contributed by atoms with van der Waals surface area (Å²) in [6.45, 7) is 15.0. The molecule has 0 aliphatic carbocycles. The number of hydrogen-bond acceptors (Lipinski definition) is 6. The van der Waals surface area contributed by atoms with E-state index in [-0.39, 0.29) is 11.8 Å². The largest absolute Gasteiger partial charge is 0.306 e. The minimum Gasteiger partial charge on any atom is -0.306 e. The van der Waals surface area contributed by atoms with Crippen molar-refractivity contribution in [1.82, 2.24) is 9.80 Å². The molecule has 2 aromatic carbocycles. The van der Waals surface area contributed by atoms with Gasteiger partial charge in [0, 0.05) is 42.0 Å². The van der Waals surface area contributed by atoms with E-state index in [1.165, 1.54) is 65.4 Å². The van der Waals surface area contributed by atoms with Crippen molar-refractivity contribution in [2.75, 3.05) is 13.1 Å². The Labute approximate surface area is 360 Å². The Morgan fingerprint density at radius 3 is 1.24 bits per heavy atom. The highest BCUT2D eigenvalue weighted by molar-refractivity contribution is 7.27. The van der Waals surface area contributed by atoms with Crippen LogP contribution in [-0.2, 0) is 9.59 Å². The fraction of sp³-hybridized carbons (Fsp3) is 0.400. The molecule has 6 heterocycles. The number of amides is 2. The third-order valence-electron chi connectivity index (χ3n) is 11.8. The van der Waals surface area contributed by atoms with E-state index in [1.54, 1.807) is 45.3 Å². The molecule has 302 valence electrons. The first-order valence-corrected chi connectivity index (χ1v) is 24.6. The molecule has 4 aromatic heterocycles. The molecule has 0 radical (unpaired) electrons. The molecule has 2 amide bonds. The molecule has 8 rings (SSSR count). The molecule has 0 N–H and O–H groups in total. The van der Waals surface area contributed by atoms with E-state index in [1.807, 2.05) is 9.80 Å². The second-order valence-electron chi connectivity index (χ2n) is 17.4. The molecule has 8 heteroatoms. The summed E-state index contributed by atoms with van der Waals surface area (Å²) in [5.74, 6) is 2.30. The summed E-state index contributed by atoms with van der Waals surface area (Å²) in [4.78, 5) is 41.0. The van der Waals surface area contributed by atoms with Crippen molar-refractivity contribution >= 4 is 88.7 Å². The van der Waals surface area contributed by atoms with E-state index in [0.29, 0.717) is 47.9 Å². The van der Waals surface area contributed by atoms with E-state index in [2.05, 4.69) is 126 Å². The third kappa shape index (κ3) is 8.58. The maximum Gasteiger partial charge on any atom is 0.261 e. The van der Waals surface area contributed by atoms with Gasteiger partial charge in [-0.3, -0.25) is 9.59 Å². The lowest BCUT2D eigenvalue weighted by atomic mass is 9.97. The number of carbonyl (C=O) groups is 2. The van der Waals surface area contributed by atoms with E-state index in [4.69, 9.17) is 0 Å². The highest BCUT2D eigenvalue weighted by atomic mass is 32.1. The topological polar surface area (TPSA) is 40.6 Å². The second kappa shape index (κ2) is 17.8. The molecule has 0 saturated heterocycles. The first kappa shape index (κ1) is 40.9. The predicted molar refractivity (Wildman–Crippen MR) is 252 cm³/mol. The van der Waals surface area contributed by atoms with Crippen LogP contribution >= 0.6 is 45.3 Å². The fourth-order valence-corrected chi connectivity index (χ4v) is 12.9. The Morgan fingerprint density at radius 1 is 0.448 bits per heavy atom. The zero-order valence-electron chi connectivity index (χ0n) is 34.8. The summed E-state index contributed by atoms with van der Waals surface area (Å²) >= 11 is 7.01. The first-order valence-electron chi connectivity index (χ1n) is 21.4. The van der Waals surface area contributed by atoms with Gasteiger partial charge in [-0.05, 0) is 95.8 Å². The number of nitrogens with zero attached hydrogens (tertiary/aromatic N) is 2. The minimum absolute atomic E-state index is 0.0242. The number of thiophene rings is 4. The van der Waals surface area contributed by atoms with Crippen molar-refractivity contribution in [3.05, 3.63) is 106 Å². The van der Waals surface area contributed by atoms with Gasteiger partial charge in [0.2, 0.25) is 0 Å². The molecule has 0 fully saturated rings. The summed E-state index contributed by atoms with van der Waals surface area (Å²) in [6, 6.07) is 30.3. The molecule has 0 spiro atoms. The predicted octanol–water partition coefficient (Wildman–Crippen LogP) is 15.1. The maximum absolute atomic E-state index is 15.2. The summed E-state index contributed by atoms with van der Waals surface area (Å²) in [7, 11) is 0. The Morgan fingerprint density at radius 2 is 0.845 bits per heavy atom. The lowest BCUT2D eigenvalue weighted by Crippen LogP contribution is -2.31. The molecule has 2 atom stereocenters. The van der Waals surface area contributed by atoms with Crippen LogP contribution in [0.5, 0.6) is 0 Å². The van der Waals surface area contributed by atoms with Gasteiger partial charge in [-0.2, -0.15) is 0 Å². The van der Waals surface area contributed by atoms with Crippen molar-refractivity contribution in [3.8, 4) is 19.5 Å². The van der Waals surface area contributed by atoms with Gasteiger partial charge in [-0.1, -0.05) is 116 Å². The van der Waals surface area contributed by atoms with Crippen molar-refractivity contribution in [3.63, 3.8) is 0 Å². The van der Waals surface area contributed by atoms with Crippen LogP contribution in [0.3, 0.4) is 0 Å². The lowest BCUT2D eigenvalue weighted by molar-refractivity contribution is -0.124. The van der Waals surface area contributed by atoms with E-state index in [9.17, 15) is 0 Å². The number of rotatable bonds is 18. The first-order chi connectivity index (χ1) is 28.0. The van der Waals surface area contributed by atoms with Crippen molar-refractivity contribution < 1.29 is 9.59 Å². The molecular weight excluding hydrogens is 789 g/mol. The number of benzene rings is 2. The molecular formula is C50H56N2O2S4. The van der Waals surface area contributed by atoms with Crippen LogP contribution in [0.2, 0.25) is 0 Å².